The number of methoxy groups -OCH3 is 1. The number of aromatic nitrogens is 2. The van der Waals surface area contributed by atoms with Gasteiger partial charge in [-0.15, -0.1) is 0 Å². The van der Waals surface area contributed by atoms with Gasteiger partial charge in [0.05, 0.1) is 43.4 Å². The van der Waals surface area contributed by atoms with Gasteiger partial charge in [-0.2, -0.15) is 0 Å². The summed E-state index contributed by atoms with van der Waals surface area (Å²) in [5.41, 5.74) is 5.37. The summed E-state index contributed by atoms with van der Waals surface area (Å²) in [6.07, 6.45) is 8.29. The van der Waals surface area contributed by atoms with Crippen LogP contribution >= 0.6 is 0 Å². The number of aliphatic hydroxyl groups excluding tert-OH is 1. The van der Waals surface area contributed by atoms with Crippen LogP contribution in [0.5, 0.6) is 5.75 Å². The predicted molar refractivity (Wildman–Crippen MR) is 124 cm³/mol. The molecule has 5 nitrogen and oxygen atoms in total. The Hall–Kier alpha value is -3.05. The molecular formula is C27H30N2O3. The summed E-state index contributed by atoms with van der Waals surface area (Å²) in [6, 6.07) is 15.4. The molecule has 32 heavy (non-hydrogen) atoms. The molecule has 0 atom stereocenters. The molecule has 0 spiro atoms. The fourth-order valence-electron chi connectivity index (χ4n) is 4.39. The predicted octanol–water partition coefficient (Wildman–Crippen LogP) is 4.73. The van der Waals surface area contributed by atoms with Gasteiger partial charge in [0.1, 0.15) is 11.5 Å². The van der Waals surface area contributed by atoms with E-state index in [1.54, 1.807) is 13.3 Å². The molecule has 1 fully saturated rings. The van der Waals surface area contributed by atoms with Crippen LogP contribution in [-0.2, 0) is 30.7 Å². The van der Waals surface area contributed by atoms with Crippen LogP contribution in [0, 0.1) is 5.92 Å². The standard InChI is InChI=1S/C27H30N2O3/c1-32-24-12-8-20(9-13-24)14-23(31)16-25-26(15-19-4-2-3-5-19)29-27(17-28-25)22-10-6-21(18-30)7-11-22/h6-13,17,19,30H,2-5,14-16,18H2,1H3. The molecule has 2 aromatic carbocycles. The largest absolute Gasteiger partial charge is 0.497 e. The highest BCUT2D eigenvalue weighted by Crippen LogP contribution is 2.29. The minimum atomic E-state index is 0.0220. The van der Waals surface area contributed by atoms with Gasteiger partial charge in [-0.25, -0.2) is 4.98 Å². The number of Topliss-reactive ketones (excluding diaryl/α,β-unsaturated/α-hetero) is 1. The van der Waals surface area contributed by atoms with Gasteiger partial charge >= 0.3 is 0 Å². The first-order valence-corrected chi connectivity index (χ1v) is 11.3. The number of carbonyl (C=O) groups is 1. The Morgan fingerprint density at radius 1 is 0.969 bits per heavy atom. The Labute approximate surface area is 189 Å². The van der Waals surface area contributed by atoms with Crippen LogP contribution < -0.4 is 4.74 Å². The third-order valence-electron chi connectivity index (χ3n) is 6.25. The van der Waals surface area contributed by atoms with E-state index in [2.05, 4.69) is 0 Å². The SMILES string of the molecule is COc1ccc(CC(=O)Cc2ncc(-c3ccc(CO)cc3)nc2CC2CCCC2)cc1. The lowest BCUT2D eigenvalue weighted by Gasteiger charge is -2.14. The maximum absolute atomic E-state index is 12.8. The Morgan fingerprint density at radius 3 is 2.31 bits per heavy atom. The quantitative estimate of drug-likeness (QED) is 0.531. The molecule has 1 aromatic heterocycles. The average Bonchev–Trinajstić information content (AvgIpc) is 3.34. The first-order chi connectivity index (χ1) is 15.6. The molecule has 0 radical (unpaired) electrons. The van der Waals surface area contributed by atoms with E-state index >= 15 is 0 Å². The van der Waals surface area contributed by atoms with Crippen molar-refractivity contribution in [3.8, 4) is 17.0 Å². The van der Waals surface area contributed by atoms with Crippen LogP contribution in [0.25, 0.3) is 11.3 Å². The van der Waals surface area contributed by atoms with Gasteiger partial charge in [0.25, 0.3) is 0 Å². The Kier molecular flexibility index (Phi) is 7.28. The summed E-state index contributed by atoms with van der Waals surface area (Å²) in [5, 5.41) is 9.29. The molecule has 0 saturated heterocycles. The van der Waals surface area contributed by atoms with Crippen molar-refractivity contribution in [1.82, 2.24) is 9.97 Å². The Morgan fingerprint density at radius 2 is 1.66 bits per heavy atom. The molecule has 5 heteroatoms. The molecule has 1 aliphatic carbocycles. The molecule has 1 N–H and O–H groups in total. The van der Waals surface area contributed by atoms with Crippen LogP contribution in [0.2, 0.25) is 0 Å². The molecule has 166 valence electrons. The smallest absolute Gasteiger partial charge is 0.143 e. The molecule has 0 aliphatic heterocycles. The third-order valence-corrected chi connectivity index (χ3v) is 6.25. The van der Waals surface area contributed by atoms with E-state index in [0.717, 1.165) is 45.9 Å². The van der Waals surface area contributed by atoms with Crippen LogP contribution in [0.4, 0.5) is 0 Å². The van der Waals surface area contributed by atoms with Crippen LogP contribution in [0.15, 0.2) is 54.7 Å². The second-order valence-corrected chi connectivity index (χ2v) is 8.60. The van der Waals surface area contributed by atoms with Gasteiger partial charge in [-0.3, -0.25) is 9.78 Å². The van der Waals surface area contributed by atoms with E-state index in [0.29, 0.717) is 18.8 Å². The van der Waals surface area contributed by atoms with Crippen LogP contribution in [0.1, 0.15) is 48.2 Å². The minimum Gasteiger partial charge on any atom is -0.497 e. The molecule has 0 amide bonds. The number of carbonyl (C=O) groups excluding carboxylic acids is 1. The van der Waals surface area contributed by atoms with E-state index in [1.807, 2.05) is 48.5 Å². The van der Waals surface area contributed by atoms with Gasteiger partial charge in [-0.05, 0) is 35.6 Å². The van der Waals surface area contributed by atoms with Crippen LogP contribution in [-0.4, -0.2) is 28.0 Å². The van der Waals surface area contributed by atoms with E-state index in [9.17, 15) is 9.90 Å². The van der Waals surface area contributed by atoms with Crippen molar-refractivity contribution >= 4 is 5.78 Å². The summed E-state index contributed by atoms with van der Waals surface area (Å²) in [4.78, 5) is 22.5. The first kappa shape index (κ1) is 22.2. The fraction of sp³-hybridized carbons (Fsp3) is 0.370. The van der Waals surface area contributed by atoms with Gasteiger partial charge in [0.2, 0.25) is 0 Å². The number of ketones is 1. The van der Waals surface area contributed by atoms with Crippen molar-refractivity contribution in [2.75, 3.05) is 7.11 Å². The number of ether oxygens (including phenoxy) is 1. The molecule has 1 aliphatic rings. The summed E-state index contributed by atoms with van der Waals surface area (Å²) in [7, 11) is 1.63. The molecule has 3 aromatic rings. The van der Waals surface area contributed by atoms with Gasteiger partial charge in [0, 0.05) is 12.0 Å². The normalized spacial score (nSPS) is 13.9. The van der Waals surface area contributed by atoms with E-state index in [4.69, 9.17) is 14.7 Å². The topological polar surface area (TPSA) is 72.3 Å². The van der Waals surface area contributed by atoms with Gasteiger partial charge in [0.15, 0.2) is 0 Å². The van der Waals surface area contributed by atoms with E-state index in [1.165, 1.54) is 25.7 Å². The second kappa shape index (κ2) is 10.5. The van der Waals surface area contributed by atoms with Crippen molar-refractivity contribution < 1.29 is 14.6 Å². The summed E-state index contributed by atoms with van der Waals surface area (Å²) in [5.74, 6) is 1.54. The number of hydrogen-bond donors (Lipinski definition) is 1. The summed E-state index contributed by atoms with van der Waals surface area (Å²) in [6.45, 7) is 0.0220. The summed E-state index contributed by atoms with van der Waals surface area (Å²) < 4.78 is 5.19. The zero-order valence-corrected chi connectivity index (χ0v) is 18.6. The molecule has 0 unspecified atom stereocenters. The molecule has 1 saturated carbocycles. The van der Waals surface area contributed by atoms with Crippen molar-refractivity contribution in [2.45, 2.75) is 51.6 Å². The number of hydrogen-bond acceptors (Lipinski definition) is 5. The lowest BCUT2D eigenvalue weighted by molar-refractivity contribution is -0.117. The molecule has 0 bridgehead atoms. The number of nitrogens with zero attached hydrogens (tertiary/aromatic N) is 2. The zero-order valence-electron chi connectivity index (χ0n) is 18.6. The fourth-order valence-corrected chi connectivity index (χ4v) is 4.39. The lowest BCUT2D eigenvalue weighted by atomic mass is 9.97. The highest BCUT2D eigenvalue weighted by atomic mass is 16.5. The Balaban J connectivity index is 1.54. The van der Waals surface area contributed by atoms with Crippen LogP contribution in [0.3, 0.4) is 0 Å². The van der Waals surface area contributed by atoms with Crippen molar-refractivity contribution in [2.24, 2.45) is 5.92 Å². The second-order valence-electron chi connectivity index (χ2n) is 8.60. The number of aliphatic hydroxyl groups is 1. The summed E-state index contributed by atoms with van der Waals surface area (Å²) >= 11 is 0. The average molecular weight is 431 g/mol. The molecule has 1 heterocycles. The van der Waals surface area contributed by atoms with Gasteiger partial charge < -0.3 is 9.84 Å². The maximum atomic E-state index is 12.8. The Bertz CT molecular complexity index is 1040. The highest BCUT2D eigenvalue weighted by molar-refractivity contribution is 5.83. The van der Waals surface area contributed by atoms with Crippen molar-refractivity contribution in [3.63, 3.8) is 0 Å². The number of rotatable bonds is 9. The minimum absolute atomic E-state index is 0.0220. The molecule has 4 rings (SSSR count). The van der Waals surface area contributed by atoms with Crippen molar-refractivity contribution in [1.29, 1.82) is 0 Å². The van der Waals surface area contributed by atoms with Gasteiger partial charge in [-0.1, -0.05) is 62.1 Å². The first-order valence-electron chi connectivity index (χ1n) is 11.3. The third kappa shape index (κ3) is 5.60. The maximum Gasteiger partial charge on any atom is 0.143 e. The van der Waals surface area contributed by atoms with Crippen molar-refractivity contribution in [3.05, 3.63) is 77.2 Å². The zero-order chi connectivity index (χ0) is 22.3. The number of benzene rings is 2. The molecular weight excluding hydrogens is 400 g/mol. The van der Waals surface area contributed by atoms with E-state index < -0.39 is 0 Å². The monoisotopic (exact) mass is 430 g/mol. The lowest BCUT2D eigenvalue weighted by Crippen LogP contribution is -2.13. The van der Waals surface area contributed by atoms with E-state index in [-0.39, 0.29) is 12.4 Å². The highest BCUT2D eigenvalue weighted by Gasteiger charge is 2.20.